The van der Waals surface area contributed by atoms with Gasteiger partial charge < -0.3 is 47.4 Å². The predicted octanol–water partition coefficient (Wildman–Crippen LogP) is 3.49. The summed E-state index contributed by atoms with van der Waals surface area (Å²) in [6.45, 7) is 1.94. The largest absolute Gasteiger partial charge is 0.347 e. The van der Waals surface area contributed by atoms with Crippen LogP contribution in [0.3, 0.4) is 0 Å². The van der Waals surface area contributed by atoms with Crippen molar-refractivity contribution < 1.29 is 33.6 Å². The molecule has 2 saturated carbocycles. The smallest absolute Gasteiger partial charge is 0.251 e. The lowest BCUT2D eigenvalue weighted by Gasteiger charge is -2.37. The Balaban J connectivity index is 0.860. The fourth-order valence-electron chi connectivity index (χ4n) is 11.5. The first-order valence-corrected chi connectivity index (χ1v) is 25.7. The van der Waals surface area contributed by atoms with Crippen LogP contribution in [-0.4, -0.2) is 114 Å². The van der Waals surface area contributed by atoms with Gasteiger partial charge in [0, 0.05) is 36.3 Å². The van der Waals surface area contributed by atoms with Crippen molar-refractivity contribution in [1.29, 1.82) is 0 Å². The lowest BCUT2D eigenvalue weighted by atomic mass is 9.79. The van der Waals surface area contributed by atoms with Crippen LogP contribution in [0.1, 0.15) is 139 Å². The maximum absolute atomic E-state index is 14.6. The van der Waals surface area contributed by atoms with E-state index < -0.39 is 54.1 Å². The molecule has 4 aliphatic carbocycles. The molecular formula is C54H69N9O7. The molecule has 70 heavy (non-hydrogen) atoms. The molecule has 0 aromatic heterocycles. The number of nitrogens with one attached hydrogen (secondary N) is 6. The third kappa shape index (κ3) is 10.5. The molecular weight excluding hydrogens is 887 g/mol. The fraction of sp³-hybridized carbons (Fsp3) is 0.537. The molecule has 16 heteroatoms. The molecule has 0 bridgehead atoms. The van der Waals surface area contributed by atoms with Crippen LogP contribution in [0.25, 0.3) is 0 Å². The summed E-state index contributed by atoms with van der Waals surface area (Å²) in [6.07, 6.45) is 11.0. The van der Waals surface area contributed by atoms with Gasteiger partial charge in [-0.2, -0.15) is 0 Å². The van der Waals surface area contributed by atoms with Gasteiger partial charge in [-0.15, -0.1) is 0 Å². The molecule has 0 radical (unpaired) electrons. The Hall–Kier alpha value is -6.13. The lowest BCUT2D eigenvalue weighted by Crippen LogP contribution is -2.59. The summed E-state index contributed by atoms with van der Waals surface area (Å²) in [5, 5.41) is 18.5. The molecule has 3 aromatic rings. The minimum Gasteiger partial charge on any atom is -0.347 e. The SMILES string of the molecule is CN[C@@H](C)C(=O)N[C@H](C(=O)N1C[C@@H](NC(=O)c2ccc(C(=O)N[C@H]3C[C@@H](C(=O)N[C@@H]4CCCc5ccccc54)N(C(=O)[C@@H](N)C4CCC4)C3)cc2)C[C@H]1C(=O)N[C@@H]1CCCc2ccccc21)C1CCC1. The molecule has 372 valence electrons. The van der Waals surface area contributed by atoms with E-state index in [0.717, 1.165) is 88.2 Å². The Morgan fingerprint density at radius 2 is 1.03 bits per heavy atom. The first-order chi connectivity index (χ1) is 33.9. The monoisotopic (exact) mass is 956 g/mol. The molecule has 0 spiro atoms. The number of likely N-dealkylation sites (tertiary alicyclic amines) is 2. The number of aryl methyl sites for hydroxylation is 2. The summed E-state index contributed by atoms with van der Waals surface area (Å²) in [5.74, 6) is -2.31. The highest BCUT2D eigenvalue weighted by atomic mass is 16.2. The zero-order valence-corrected chi connectivity index (χ0v) is 40.4. The molecule has 9 atom stereocenters. The van der Waals surface area contributed by atoms with E-state index >= 15 is 0 Å². The van der Waals surface area contributed by atoms with E-state index in [1.54, 1.807) is 43.1 Å². The second-order valence-electron chi connectivity index (χ2n) is 20.6. The summed E-state index contributed by atoms with van der Waals surface area (Å²) in [5.41, 5.74) is 11.6. The molecule has 9 rings (SSSR count). The Kier molecular flexibility index (Phi) is 15.0. The predicted molar refractivity (Wildman–Crippen MR) is 263 cm³/mol. The Labute approximate surface area is 410 Å². The Morgan fingerprint density at radius 3 is 1.47 bits per heavy atom. The second-order valence-corrected chi connectivity index (χ2v) is 20.6. The molecule has 2 aliphatic heterocycles. The van der Waals surface area contributed by atoms with Crippen molar-refractivity contribution >= 4 is 41.4 Å². The van der Waals surface area contributed by atoms with E-state index in [2.05, 4.69) is 44.0 Å². The van der Waals surface area contributed by atoms with Crippen LogP contribution < -0.4 is 37.6 Å². The van der Waals surface area contributed by atoms with Crippen molar-refractivity contribution in [2.75, 3.05) is 20.1 Å². The van der Waals surface area contributed by atoms with Crippen molar-refractivity contribution in [2.45, 2.75) is 151 Å². The number of likely N-dealkylation sites (N-methyl/N-ethyl adjacent to an activating group) is 1. The minimum atomic E-state index is -0.885. The van der Waals surface area contributed by atoms with Gasteiger partial charge >= 0.3 is 0 Å². The number of hydrogen-bond acceptors (Lipinski definition) is 9. The number of carbonyl (C=O) groups excluding carboxylic acids is 7. The fourth-order valence-corrected chi connectivity index (χ4v) is 11.5. The van der Waals surface area contributed by atoms with Gasteiger partial charge in [0.15, 0.2) is 0 Å². The van der Waals surface area contributed by atoms with Crippen LogP contribution in [0.5, 0.6) is 0 Å². The lowest BCUT2D eigenvalue weighted by molar-refractivity contribution is -0.144. The molecule has 2 heterocycles. The average Bonchev–Trinajstić information content (AvgIpc) is 3.97. The summed E-state index contributed by atoms with van der Waals surface area (Å²) < 4.78 is 0. The average molecular weight is 956 g/mol. The molecule has 2 saturated heterocycles. The van der Waals surface area contributed by atoms with Crippen LogP contribution in [0.15, 0.2) is 72.8 Å². The topological polar surface area (TPSA) is 224 Å². The standard InChI is InChI=1S/C54H69N9O7/c1-31(56-2)48(64)61-47(35-17-8-18-35)54(70)63-30-39(28-45(63)52(68)60-43-22-10-14-33-12-4-6-20-41(33)43)58-50(66)37-25-23-36(24-26-37)49(65)57-38-27-44(62(29-38)53(69)46(55)34-15-7-16-34)51(67)59-42-21-9-13-32-11-3-5-19-40(32)42/h3-6,11-12,19-20,23-26,31,34-35,38-39,42-47,56H,7-10,13-18,21-22,27-30,55H2,1-2H3,(H,57,65)(H,58,66)(H,59,67)(H,60,68)(H,61,64)/t31-,38-,39-,42+,43+,44-,45-,46-,47-/m0/s1. The number of nitrogens with two attached hydrogens (primary N) is 1. The van der Waals surface area contributed by atoms with Crippen molar-refractivity contribution in [1.82, 2.24) is 41.7 Å². The van der Waals surface area contributed by atoms with E-state index in [1.165, 1.54) is 16.0 Å². The summed E-state index contributed by atoms with van der Waals surface area (Å²) in [4.78, 5) is 101. The van der Waals surface area contributed by atoms with Gasteiger partial charge in [0.2, 0.25) is 29.5 Å². The quantitative estimate of drug-likeness (QED) is 0.118. The maximum atomic E-state index is 14.6. The Bertz CT molecular complexity index is 2460. The number of rotatable bonds is 15. The zero-order valence-electron chi connectivity index (χ0n) is 40.4. The summed E-state index contributed by atoms with van der Waals surface area (Å²) >= 11 is 0. The van der Waals surface area contributed by atoms with E-state index in [-0.39, 0.29) is 84.9 Å². The molecule has 6 aliphatic rings. The molecule has 8 N–H and O–H groups in total. The number of nitrogens with zero attached hydrogens (tertiary/aromatic N) is 2. The van der Waals surface area contributed by atoms with Gasteiger partial charge in [-0.05, 0) is 149 Å². The number of benzene rings is 3. The van der Waals surface area contributed by atoms with Crippen molar-refractivity contribution in [2.24, 2.45) is 17.6 Å². The van der Waals surface area contributed by atoms with E-state index in [4.69, 9.17) is 5.73 Å². The first-order valence-electron chi connectivity index (χ1n) is 25.7. The summed E-state index contributed by atoms with van der Waals surface area (Å²) in [7, 11) is 1.68. The Morgan fingerprint density at radius 1 is 0.571 bits per heavy atom. The molecule has 16 nitrogen and oxygen atoms in total. The maximum Gasteiger partial charge on any atom is 0.251 e. The molecule has 4 fully saturated rings. The van der Waals surface area contributed by atoms with Gasteiger partial charge in [-0.1, -0.05) is 61.4 Å². The number of carbonyl (C=O) groups is 7. The second kappa shape index (κ2) is 21.5. The van der Waals surface area contributed by atoms with Gasteiger partial charge in [0.1, 0.15) is 18.1 Å². The van der Waals surface area contributed by atoms with Crippen molar-refractivity contribution in [3.8, 4) is 0 Å². The van der Waals surface area contributed by atoms with Crippen LogP contribution in [0.2, 0.25) is 0 Å². The third-order valence-electron chi connectivity index (χ3n) is 16.2. The first kappa shape index (κ1) is 48.9. The van der Waals surface area contributed by atoms with Gasteiger partial charge in [0.25, 0.3) is 11.8 Å². The zero-order chi connectivity index (χ0) is 49.1. The summed E-state index contributed by atoms with van der Waals surface area (Å²) in [6, 6.07) is 17.2. The highest BCUT2D eigenvalue weighted by Crippen LogP contribution is 2.35. The molecule has 3 aromatic carbocycles. The highest BCUT2D eigenvalue weighted by Gasteiger charge is 2.47. The number of amides is 7. The third-order valence-corrected chi connectivity index (χ3v) is 16.2. The molecule has 0 unspecified atom stereocenters. The van der Waals surface area contributed by atoms with Gasteiger partial charge in [0.05, 0.1) is 24.2 Å². The molecule has 7 amide bonds. The van der Waals surface area contributed by atoms with Crippen LogP contribution in [0.4, 0.5) is 0 Å². The van der Waals surface area contributed by atoms with Crippen LogP contribution in [-0.2, 0) is 36.8 Å². The highest BCUT2D eigenvalue weighted by molar-refractivity contribution is 5.99. The van der Waals surface area contributed by atoms with Crippen LogP contribution in [0, 0.1) is 11.8 Å². The van der Waals surface area contributed by atoms with E-state index in [1.807, 2.05) is 36.4 Å². The minimum absolute atomic E-state index is 0.0601. The van der Waals surface area contributed by atoms with Crippen molar-refractivity contribution in [3.05, 3.63) is 106 Å². The number of fused-ring (bicyclic) bond motifs is 2. The number of hydrogen-bond donors (Lipinski definition) is 7. The van der Waals surface area contributed by atoms with Gasteiger partial charge in [-0.25, -0.2) is 0 Å². The normalized spacial score (nSPS) is 25.4. The van der Waals surface area contributed by atoms with E-state index in [0.29, 0.717) is 5.56 Å². The van der Waals surface area contributed by atoms with Crippen molar-refractivity contribution in [3.63, 3.8) is 0 Å². The van der Waals surface area contributed by atoms with Crippen LogP contribution >= 0.6 is 0 Å². The van der Waals surface area contributed by atoms with Gasteiger partial charge in [-0.3, -0.25) is 33.6 Å². The van der Waals surface area contributed by atoms with E-state index in [9.17, 15) is 33.6 Å².